The number of fused-ring (bicyclic) bond motifs is 1. The Bertz CT molecular complexity index is 1350. The van der Waals surface area contributed by atoms with Gasteiger partial charge in [0.15, 0.2) is 0 Å². The first-order valence-corrected chi connectivity index (χ1v) is 10.9. The van der Waals surface area contributed by atoms with E-state index in [2.05, 4.69) is 15.6 Å². The third-order valence-corrected chi connectivity index (χ3v) is 5.55. The first-order chi connectivity index (χ1) is 16.0. The van der Waals surface area contributed by atoms with Crippen LogP contribution in [-0.4, -0.2) is 16.8 Å². The minimum absolute atomic E-state index is 0.0818. The maximum Gasteiger partial charge on any atom is 0.268 e. The van der Waals surface area contributed by atoms with Gasteiger partial charge in [-0.1, -0.05) is 65.7 Å². The van der Waals surface area contributed by atoms with E-state index in [0.717, 1.165) is 16.5 Å². The molecule has 4 rings (SSSR count). The fourth-order valence-electron chi connectivity index (χ4n) is 3.30. The summed E-state index contributed by atoms with van der Waals surface area (Å²) >= 11 is 12.3. The summed E-state index contributed by atoms with van der Waals surface area (Å²) in [6.07, 6.45) is 3.22. The third kappa shape index (κ3) is 5.58. The monoisotopic (exact) mass is 475 g/mol. The molecule has 164 valence electrons. The minimum atomic E-state index is -0.446. The van der Waals surface area contributed by atoms with Crippen LogP contribution in [0.3, 0.4) is 0 Å². The van der Waals surface area contributed by atoms with E-state index in [1.165, 1.54) is 0 Å². The normalized spacial score (nSPS) is 11.3. The Morgan fingerprint density at radius 2 is 1.67 bits per heavy atom. The van der Waals surface area contributed by atoms with Gasteiger partial charge in [-0.2, -0.15) is 0 Å². The lowest BCUT2D eigenvalue weighted by Gasteiger charge is -2.13. The Hall–Kier alpha value is -3.67. The van der Waals surface area contributed by atoms with E-state index < -0.39 is 11.8 Å². The molecule has 33 heavy (non-hydrogen) atoms. The van der Waals surface area contributed by atoms with Crippen LogP contribution in [0.2, 0.25) is 10.0 Å². The van der Waals surface area contributed by atoms with Gasteiger partial charge in [-0.25, -0.2) is 0 Å². The molecule has 0 radical (unpaired) electrons. The maximum absolute atomic E-state index is 13.1. The first kappa shape index (κ1) is 22.5. The summed E-state index contributed by atoms with van der Waals surface area (Å²) in [5.74, 6) is -0.841. The van der Waals surface area contributed by atoms with Gasteiger partial charge in [0.25, 0.3) is 11.8 Å². The summed E-state index contributed by atoms with van der Waals surface area (Å²) in [4.78, 5) is 30.2. The van der Waals surface area contributed by atoms with Gasteiger partial charge in [-0.3, -0.25) is 14.6 Å². The Labute approximate surface area is 201 Å². The molecule has 0 atom stereocenters. The zero-order chi connectivity index (χ0) is 23.2. The molecule has 0 aliphatic heterocycles. The van der Waals surface area contributed by atoms with E-state index in [1.807, 2.05) is 18.2 Å². The molecule has 7 heteroatoms. The molecule has 5 nitrogen and oxygen atoms in total. The van der Waals surface area contributed by atoms with Crippen LogP contribution in [0.5, 0.6) is 0 Å². The van der Waals surface area contributed by atoms with Crippen LogP contribution in [0.1, 0.15) is 21.5 Å². The summed E-state index contributed by atoms with van der Waals surface area (Å²) < 4.78 is 0. The summed E-state index contributed by atoms with van der Waals surface area (Å²) in [6.45, 7) is 0.237. The lowest BCUT2D eigenvalue weighted by Crippen LogP contribution is -2.34. The molecular weight excluding hydrogens is 457 g/mol. The lowest BCUT2D eigenvalue weighted by molar-refractivity contribution is -0.117. The number of pyridine rings is 1. The van der Waals surface area contributed by atoms with Gasteiger partial charge in [-0.15, -0.1) is 0 Å². The van der Waals surface area contributed by atoms with Crippen molar-refractivity contribution in [1.82, 2.24) is 15.6 Å². The molecule has 1 aromatic heterocycles. The Kier molecular flexibility index (Phi) is 7.03. The number of amides is 2. The fraction of sp³-hybridized carbons (Fsp3) is 0.0385. The van der Waals surface area contributed by atoms with Gasteiger partial charge in [0, 0.05) is 33.7 Å². The quantitative estimate of drug-likeness (QED) is 0.355. The van der Waals surface area contributed by atoms with Gasteiger partial charge in [0.2, 0.25) is 0 Å². The van der Waals surface area contributed by atoms with Crippen molar-refractivity contribution in [3.8, 4) is 0 Å². The Morgan fingerprint density at radius 1 is 0.909 bits per heavy atom. The van der Waals surface area contributed by atoms with E-state index in [1.54, 1.807) is 72.9 Å². The van der Waals surface area contributed by atoms with Crippen molar-refractivity contribution in [3.05, 3.63) is 117 Å². The number of carbonyl (C=O) groups excluding carboxylic acids is 2. The number of benzene rings is 3. The molecule has 0 aliphatic rings. The smallest absolute Gasteiger partial charge is 0.268 e. The topological polar surface area (TPSA) is 71.1 Å². The number of nitrogens with zero attached hydrogens (tertiary/aromatic N) is 1. The van der Waals surface area contributed by atoms with Crippen molar-refractivity contribution >= 4 is 52.0 Å². The number of hydrogen-bond donors (Lipinski definition) is 2. The molecule has 0 fully saturated rings. The highest BCUT2D eigenvalue weighted by atomic mass is 35.5. The molecule has 0 aliphatic carbocycles. The van der Waals surface area contributed by atoms with Crippen LogP contribution in [0.4, 0.5) is 0 Å². The van der Waals surface area contributed by atoms with E-state index >= 15 is 0 Å². The average Bonchev–Trinajstić information content (AvgIpc) is 2.83. The third-order valence-electron chi connectivity index (χ3n) is 4.97. The average molecular weight is 476 g/mol. The molecular formula is C26H19Cl2N3O2. The number of carbonyl (C=O) groups is 2. The molecule has 2 amide bonds. The highest BCUT2D eigenvalue weighted by Crippen LogP contribution is 2.21. The molecule has 1 heterocycles. The van der Waals surface area contributed by atoms with Crippen LogP contribution in [0.15, 0.2) is 90.8 Å². The number of rotatable bonds is 6. The molecule has 0 unspecified atom stereocenters. The van der Waals surface area contributed by atoms with Crippen molar-refractivity contribution in [2.75, 3.05) is 0 Å². The van der Waals surface area contributed by atoms with Crippen molar-refractivity contribution < 1.29 is 9.59 Å². The largest absolute Gasteiger partial charge is 0.347 e. The second-order valence-corrected chi connectivity index (χ2v) is 8.06. The van der Waals surface area contributed by atoms with Gasteiger partial charge >= 0.3 is 0 Å². The van der Waals surface area contributed by atoms with E-state index in [9.17, 15) is 9.59 Å². The molecule has 0 saturated heterocycles. The Balaban J connectivity index is 1.59. The first-order valence-electron chi connectivity index (χ1n) is 10.2. The van der Waals surface area contributed by atoms with Crippen LogP contribution in [-0.2, 0) is 11.3 Å². The summed E-state index contributed by atoms with van der Waals surface area (Å²) in [7, 11) is 0. The number of halogens is 2. The molecule has 0 spiro atoms. The van der Waals surface area contributed by atoms with Gasteiger partial charge in [-0.05, 0) is 53.6 Å². The SMILES string of the molecule is O=C(NCc1ccnc2cc(Cl)ccc12)/C(=C/c1ccccc1Cl)NC(=O)c1ccccc1. The molecule has 2 N–H and O–H groups in total. The Morgan fingerprint density at radius 3 is 2.45 bits per heavy atom. The number of aromatic nitrogens is 1. The van der Waals surface area contributed by atoms with Gasteiger partial charge in [0.05, 0.1) is 5.52 Å². The lowest BCUT2D eigenvalue weighted by atomic mass is 10.1. The summed E-state index contributed by atoms with van der Waals surface area (Å²) in [5, 5.41) is 7.52. The molecule has 4 aromatic rings. The maximum atomic E-state index is 13.1. The van der Waals surface area contributed by atoms with E-state index in [-0.39, 0.29) is 12.2 Å². The highest BCUT2D eigenvalue weighted by Gasteiger charge is 2.16. The zero-order valence-corrected chi connectivity index (χ0v) is 18.9. The molecule has 3 aromatic carbocycles. The number of nitrogens with one attached hydrogen (secondary N) is 2. The predicted molar refractivity (Wildman–Crippen MR) is 132 cm³/mol. The van der Waals surface area contributed by atoms with Crippen molar-refractivity contribution in [1.29, 1.82) is 0 Å². The van der Waals surface area contributed by atoms with E-state index in [4.69, 9.17) is 23.2 Å². The zero-order valence-electron chi connectivity index (χ0n) is 17.4. The van der Waals surface area contributed by atoms with Crippen molar-refractivity contribution in [2.24, 2.45) is 0 Å². The van der Waals surface area contributed by atoms with Crippen LogP contribution in [0.25, 0.3) is 17.0 Å². The highest BCUT2D eigenvalue weighted by molar-refractivity contribution is 6.32. The predicted octanol–water partition coefficient (Wildman–Crippen LogP) is 5.63. The van der Waals surface area contributed by atoms with Crippen LogP contribution in [0, 0.1) is 0 Å². The number of hydrogen-bond acceptors (Lipinski definition) is 3. The van der Waals surface area contributed by atoms with Gasteiger partial charge < -0.3 is 10.6 Å². The van der Waals surface area contributed by atoms with Gasteiger partial charge in [0.1, 0.15) is 5.70 Å². The van der Waals surface area contributed by atoms with Crippen LogP contribution >= 0.6 is 23.2 Å². The fourth-order valence-corrected chi connectivity index (χ4v) is 3.65. The van der Waals surface area contributed by atoms with Crippen molar-refractivity contribution in [3.63, 3.8) is 0 Å². The van der Waals surface area contributed by atoms with Crippen molar-refractivity contribution in [2.45, 2.75) is 6.54 Å². The second-order valence-electron chi connectivity index (χ2n) is 7.21. The molecule has 0 bridgehead atoms. The standard InChI is InChI=1S/C26H19Cl2N3O2/c27-20-10-11-21-19(12-13-29-23(21)15-20)16-30-26(33)24(14-18-8-4-5-9-22(18)28)31-25(32)17-6-2-1-3-7-17/h1-15H,16H2,(H,30,33)(H,31,32)/b24-14-. The second kappa shape index (κ2) is 10.3. The minimum Gasteiger partial charge on any atom is -0.347 e. The van der Waals surface area contributed by atoms with Crippen LogP contribution < -0.4 is 10.6 Å². The summed E-state index contributed by atoms with van der Waals surface area (Å²) in [6, 6.07) is 23.0. The summed E-state index contributed by atoms with van der Waals surface area (Å²) in [5.41, 5.74) is 2.74. The molecule has 0 saturated carbocycles. The van der Waals surface area contributed by atoms with E-state index in [0.29, 0.717) is 21.2 Å².